The van der Waals surface area contributed by atoms with Gasteiger partial charge in [0.2, 0.25) is 5.91 Å². The zero-order valence-electron chi connectivity index (χ0n) is 15.9. The highest BCUT2D eigenvalue weighted by Crippen LogP contribution is 2.13. The first-order chi connectivity index (χ1) is 13.1. The molecule has 1 heterocycles. The number of hydrogen-bond acceptors (Lipinski definition) is 4. The molecular formula is C19H26FIN4O3. The quantitative estimate of drug-likeness (QED) is 0.278. The maximum atomic E-state index is 13.2. The van der Waals surface area contributed by atoms with Crippen molar-refractivity contribution in [2.24, 2.45) is 4.99 Å². The predicted molar refractivity (Wildman–Crippen MR) is 116 cm³/mol. The highest BCUT2D eigenvalue weighted by Gasteiger charge is 2.07. The third-order valence-electron chi connectivity index (χ3n) is 3.46. The molecule has 0 saturated heterocycles. The van der Waals surface area contributed by atoms with Crippen LogP contribution in [0.4, 0.5) is 4.39 Å². The number of ether oxygens (including phenoxy) is 1. The Morgan fingerprint density at radius 3 is 2.75 bits per heavy atom. The van der Waals surface area contributed by atoms with Crippen molar-refractivity contribution in [2.45, 2.75) is 26.5 Å². The zero-order chi connectivity index (χ0) is 19.5. The van der Waals surface area contributed by atoms with E-state index in [1.165, 1.54) is 12.1 Å². The van der Waals surface area contributed by atoms with E-state index in [2.05, 4.69) is 20.9 Å². The SMILES string of the molecule is CCNC(=NCC(=O)NCc1ccco1)NCC(C)Oc1cccc(F)c1.I. The minimum Gasteiger partial charge on any atom is -0.489 e. The van der Waals surface area contributed by atoms with Crippen LogP contribution in [-0.4, -0.2) is 37.6 Å². The van der Waals surface area contributed by atoms with Crippen LogP contribution in [0.1, 0.15) is 19.6 Å². The Morgan fingerprint density at radius 1 is 1.25 bits per heavy atom. The van der Waals surface area contributed by atoms with Crippen LogP contribution in [0.2, 0.25) is 0 Å². The molecule has 0 fully saturated rings. The lowest BCUT2D eigenvalue weighted by atomic mass is 10.3. The van der Waals surface area contributed by atoms with Crippen molar-refractivity contribution < 1.29 is 18.3 Å². The molecular weight excluding hydrogens is 478 g/mol. The fourth-order valence-corrected chi connectivity index (χ4v) is 2.20. The number of furan rings is 1. The lowest BCUT2D eigenvalue weighted by Crippen LogP contribution is -2.42. The van der Waals surface area contributed by atoms with Gasteiger partial charge < -0.3 is 25.1 Å². The summed E-state index contributed by atoms with van der Waals surface area (Å²) in [7, 11) is 0. The molecule has 7 nitrogen and oxygen atoms in total. The maximum absolute atomic E-state index is 13.2. The van der Waals surface area contributed by atoms with E-state index in [0.29, 0.717) is 37.1 Å². The van der Waals surface area contributed by atoms with Crippen molar-refractivity contribution in [3.05, 3.63) is 54.2 Å². The first kappa shape index (κ1) is 23.7. The second-order valence-electron chi connectivity index (χ2n) is 5.82. The second-order valence-corrected chi connectivity index (χ2v) is 5.82. The first-order valence-electron chi connectivity index (χ1n) is 8.80. The molecule has 0 saturated carbocycles. The van der Waals surface area contributed by atoms with Gasteiger partial charge in [0.05, 0.1) is 19.4 Å². The van der Waals surface area contributed by atoms with E-state index < -0.39 is 0 Å². The van der Waals surface area contributed by atoms with Gasteiger partial charge in [-0.3, -0.25) is 4.79 Å². The molecule has 154 valence electrons. The molecule has 9 heteroatoms. The van der Waals surface area contributed by atoms with Gasteiger partial charge in [-0.05, 0) is 38.1 Å². The second kappa shape index (κ2) is 13.0. The summed E-state index contributed by atoms with van der Waals surface area (Å²) in [6.45, 7) is 5.19. The Labute approximate surface area is 181 Å². The van der Waals surface area contributed by atoms with E-state index in [1.807, 2.05) is 13.8 Å². The van der Waals surface area contributed by atoms with Crippen molar-refractivity contribution in [3.63, 3.8) is 0 Å². The van der Waals surface area contributed by atoms with Crippen LogP contribution in [0.3, 0.4) is 0 Å². The summed E-state index contributed by atoms with van der Waals surface area (Å²) in [4.78, 5) is 16.1. The molecule has 0 aliphatic rings. The summed E-state index contributed by atoms with van der Waals surface area (Å²) < 4.78 is 24.0. The summed E-state index contributed by atoms with van der Waals surface area (Å²) in [6, 6.07) is 9.54. The lowest BCUT2D eigenvalue weighted by Gasteiger charge is -2.17. The van der Waals surface area contributed by atoms with Crippen molar-refractivity contribution in [3.8, 4) is 5.75 Å². The van der Waals surface area contributed by atoms with Gasteiger partial charge in [0.15, 0.2) is 5.96 Å². The Kier molecular flexibility index (Phi) is 11.0. The topological polar surface area (TPSA) is 87.9 Å². The van der Waals surface area contributed by atoms with Crippen molar-refractivity contribution in [1.29, 1.82) is 0 Å². The fourth-order valence-electron chi connectivity index (χ4n) is 2.20. The van der Waals surface area contributed by atoms with Crippen molar-refractivity contribution in [1.82, 2.24) is 16.0 Å². The highest BCUT2D eigenvalue weighted by atomic mass is 127. The molecule has 2 aromatic rings. The van der Waals surface area contributed by atoms with E-state index in [-0.39, 0.29) is 48.3 Å². The molecule has 1 aromatic carbocycles. The van der Waals surface area contributed by atoms with E-state index in [0.717, 1.165) is 0 Å². The van der Waals surface area contributed by atoms with Gasteiger partial charge >= 0.3 is 0 Å². The first-order valence-corrected chi connectivity index (χ1v) is 8.80. The summed E-state index contributed by atoms with van der Waals surface area (Å²) in [5, 5.41) is 8.89. The largest absolute Gasteiger partial charge is 0.489 e. The Balaban J connectivity index is 0.00000392. The molecule has 0 aliphatic carbocycles. The highest BCUT2D eigenvalue weighted by molar-refractivity contribution is 14.0. The lowest BCUT2D eigenvalue weighted by molar-refractivity contribution is -0.119. The van der Waals surface area contributed by atoms with Crippen LogP contribution < -0.4 is 20.7 Å². The maximum Gasteiger partial charge on any atom is 0.242 e. The number of carbonyl (C=O) groups is 1. The number of amides is 1. The Bertz CT molecular complexity index is 741. The third kappa shape index (κ3) is 9.07. The van der Waals surface area contributed by atoms with Crippen LogP contribution in [0.25, 0.3) is 0 Å². The standard InChI is InChI=1S/C19H25FN4O3.HI/c1-3-21-19(24-13-18(25)22-12-17-8-5-9-26-17)23-11-14(2)27-16-7-4-6-15(20)10-16;/h4-10,14H,3,11-13H2,1-2H3,(H,22,25)(H2,21,23,24);1H. The van der Waals surface area contributed by atoms with Gasteiger partial charge in [-0.15, -0.1) is 24.0 Å². The van der Waals surface area contributed by atoms with Gasteiger partial charge in [0.25, 0.3) is 0 Å². The average molecular weight is 504 g/mol. The van der Waals surface area contributed by atoms with E-state index in [9.17, 15) is 9.18 Å². The molecule has 0 spiro atoms. The van der Waals surface area contributed by atoms with Gasteiger partial charge in [0, 0.05) is 12.6 Å². The van der Waals surface area contributed by atoms with Crippen molar-refractivity contribution >= 4 is 35.8 Å². The number of rotatable bonds is 9. The van der Waals surface area contributed by atoms with E-state index in [1.54, 1.807) is 30.5 Å². The number of guanidine groups is 1. The van der Waals surface area contributed by atoms with Crippen LogP contribution >= 0.6 is 24.0 Å². The number of benzene rings is 1. The molecule has 28 heavy (non-hydrogen) atoms. The minimum atomic E-state index is -0.344. The van der Waals surface area contributed by atoms with E-state index >= 15 is 0 Å². The van der Waals surface area contributed by atoms with Crippen molar-refractivity contribution in [2.75, 3.05) is 19.6 Å². The monoisotopic (exact) mass is 504 g/mol. The summed E-state index contributed by atoms with van der Waals surface area (Å²) in [6.07, 6.45) is 1.34. The summed E-state index contributed by atoms with van der Waals surface area (Å²) in [5.41, 5.74) is 0. The molecule has 0 aliphatic heterocycles. The molecule has 2 rings (SSSR count). The summed E-state index contributed by atoms with van der Waals surface area (Å²) in [5.74, 6) is 1.08. The molecule has 1 atom stereocenters. The minimum absolute atomic E-state index is 0. The molecule has 3 N–H and O–H groups in total. The molecule has 1 unspecified atom stereocenters. The van der Waals surface area contributed by atoms with Gasteiger partial charge in [-0.2, -0.15) is 0 Å². The molecule has 0 radical (unpaired) electrons. The van der Waals surface area contributed by atoms with Crippen LogP contribution in [-0.2, 0) is 11.3 Å². The number of halogens is 2. The third-order valence-corrected chi connectivity index (χ3v) is 3.46. The van der Waals surface area contributed by atoms with Gasteiger partial charge in [-0.1, -0.05) is 6.07 Å². The number of nitrogens with one attached hydrogen (secondary N) is 3. The number of hydrogen-bond donors (Lipinski definition) is 3. The van der Waals surface area contributed by atoms with Crippen LogP contribution in [0.15, 0.2) is 52.1 Å². The normalized spacial score (nSPS) is 11.9. The van der Waals surface area contributed by atoms with Crippen LogP contribution in [0.5, 0.6) is 5.75 Å². The van der Waals surface area contributed by atoms with Crippen LogP contribution in [0, 0.1) is 5.82 Å². The van der Waals surface area contributed by atoms with Gasteiger partial charge in [0.1, 0.15) is 30.0 Å². The zero-order valence-corrected chi connectivity index (χ0v) is 18.2. The molecule has 1 aromatic heterocycles. The van der Waals surface area contributed by atoms with E-state index in [4.69, 9.17) is 9.15 Å². The fraction of sp³-hybridized carbons (Fsp3) is 0.368. The van der Waals surface area contributed by atoms with Gasteiger partial charge in [-0.25, -0.2) is 9.38 Å². The number of aliphatic imine (C=N–C) groups is 1. The summed E-state index contributed by atoms with van der Waals surface area (Å²) >= 11 is 0. The Hall–Kier alpha value is -2.30. The number of carbonyl (C=O) groups excluding carboxylic acids is 1. The smallest absolute Gasteiger partial charge is 0.242 e. The molecule has 1 amide bonds. The Morgan fingerprint density at radius 2 is 2.07 bits per heavy atom. The predicted octanol–water partition coefficient (Wildman–Crippen LogP) is 2.68. The molecule has 0 bridgehead atoms. The average Bonchev–Trinajstić information content (AvgIpc) is 3.16. The number of nitrogens with zero attached hydrogens (tertiary/aromatic N) is 1.